The van der Waals surface area contributed by atoms with Gasteiger partial charge < -0.3 is 10.5 Å². The first kappa shape index (κ1) is 15.5. The Morgan fingerprint density at radius 1 is 1.32 bits per heavy atom. The fourth-order valence-electron chi connectivity index (χ4n) is 2.15. The summed E-state index contributed by atoms with van der Waals surface area (Å²) in [6, 6.07) is 4.45. The maximum atomic E-state index is 13.6. The van der Waals surface area contributed by atoms with Gasteiger partial charge in [-0.15, -0.1) is 0 Å². The molecule has 0 heterocycles. The van der Waals surface area contributed by atoms with E-state index in [-0.39, 0.29) is 11.4 Å². The zero-order valence-corrected chi connectivity index (χ0v) is 11.7. The van der Waals surface area contributed by atoms with E-state index in [1.54, 1.807) is 6.07 Å². The van der Waals surface area contributed by atoms with Crippen LogP contribution in [0.5, 0.6) is 5.75 Å². The Morgan fingerprint density at radius 3 is 2.42 bits per heavy atom. The minimum atomic E-state index is -0.507. The van der Waals surface area contributed by atoms with Crippen LogP contribution in [0.4, 0.5) is 4.39 Å². The van der Waals surface area contributed by atoms with Crippen LogP contribution in [0.25, 0.3) is 0 Å². The Hall–Kier alpha value is -1.58. The highest BCUT2D eigenvalue weighted by molar-refractivity contribution is 5.95. The molecule has 0 radical (unpaired) electrons. The number of hydrogen-bond donors (Lipinski definition) is 2. The van der Waals surface area contributed by atoms with Crippen molar-refractivity contribution in [3.8, 4) is 5.75 Å². The molecule has 0 unspecified atom stereocenters. The summed E-state index contributed by atoms with van der Waals surface area (Å²) in [5.74, 6) is 0.247. The van der Waals surface area contributed by atoms with Crippen molar-refractivity contribution in [2.45, 2.75) is 39.5 Å². The number of halogens is 1. The van der Waals surface area contributed by atoms with Gasteiger partial charge in [-0.3, -0.25) is 5.41 Å². The zero-order chi connectivity index (χ0) is 14.3. The van der Waals surface area contributed by atoms with E-state index in [1.165, 1.54) is 12.1 Å². The molecule has 106 valence electrons. The molecule has 0 aliphatic rings. The van der Waals surface area contributed by atoms with Gasteiger partial charge in [0.1, 0.15) is 17.4 Å². The van der Waals surface area contributed by atoms with Crippen molar-refractivity contribution in [1.82, 2.24) is 0 Å². The van der Waals surface area contributed by atoms with Gasteiger partial charge in [-0.25, -0.2) is 4.39 Å². The number of rotatable bonds is 8. The van der Waals surface area contributed by atoms with Gasteiger partial charge in [0.05, 0.1) is 12.2 Å². The van der Waals surface area contributed by atoms with E-state index in [0.717, 1.165) is 25.7 Å². The molecule has 0 fully saturated rings. The molecule has 0 amide bonds. The first-order valence-electron chi connectivity index (χ1n) is 6.85. The number of amidine groups is 1. The van der Waals surface area contributed by atoms with Gasteiger partial charge >= 0.3 is 0 Å². The van der Waals surface area contributed by atoms with Crippen LogP contribution in [0.3, 0.4) is 0 Å². The number of nitrogens with one attached hydrogen (secondary N) is 1. The highest BCUT2D eigenvalue weighted by atomic mass is 19.1. The lowest BCUT2D eigenvalue weighted by Crippen LogP contribution is -2.14. The first-order chi connectivity index (χ1) is 9.08. The van der Waals surface area contributed by atoms with Crippen molar-refractivity contribution in [3.63, 3.8) is 0 Å². The van der Waals surface area contributed by atoms with E-state index >= 15 is 0 Å². The summed E-state index contributed by atoms with van der Waals surface area (Å²) >= 11 is 0. The van der Waals surface area contributed by atoms with Crippen molar-refractivity contribution >= 4 is 5.84 Å². The second kappa shape index (κ2) is 7.77. The van der Waals surface area contributed by atoms with Crippen LogP contribution in [0.2, 0.25) is 0 Å². The third-order valence-electron chi connectivity index (χ3n) is 3.11. The minimum absolute atomic E-state index is 0.117. The van der Waals surface area contributed by atoms with Crippen LogP contribution in [-0.2, 0) is 0 Å². The molecule has 0 atom stereocenters. The van der Waals surface area contributed by atoms with E-state index in [4.69, 9.17) is 15.9 Å². The fourth-order valence-corrected chi connectivity index (χ4v) is 2.15. The zero-order valence-electron chi connectivity index (χ0n) is 11.7. The molecule has 0 saturated heterocycles. The largest absolute Gasteiger partial charge is 0.493 e. The maximum Gasteiger partial charge on any atom is 0.137 e. The Morgan fingerprint density at radius 2 is 1.95 bits per heavy atom. The molecule has 0 bridgehead atoms. The second-order valence-electron chi connectivity index (χ2n) is 4.81. The summed E-state index contributed by atoms with van der Waals surface area (Å²) < 4.78 is 19.3. The van der Waals surface area contributed by atoms with E-state index in [2.05, 4.69) is 13.8 Å². The Balaban J connectivity index is 2.62. The molecular weight excluding hydrogens is 243 g/mol. The number of ether oxygens (including phenoxy) is 1. The summed E-state index contributed by atoms with van der Waals surface area (Å²) in [6.45, 7) is 4.93. The Kier molecular flexibility index (Phi) is 6.33. The standard InChI is InChI=1S/C15H23FN2O/c1-3-5-11(6-4-2)10-19-12-7-8-13(15(17)18)14(16)9-12/h7-9,11H,3-6,10H2,1-2H3,(H3,17,18). The number of hydrogen-bond acceptors (Lipinski definition) is 2. The maximum absolute atomic E-state index is 13.6. The predicted octanol–water partition coefficient (Wildman–Crippen LogP) is 3.70. The lowest BCUT2D eigenvalue weighted by atomic mass is 9.99. The minimum Gasteiger partial charge on any atom is -0.493 e. The van der Waals surface area contributed by atoms with Gasteiger partial charge in [-0.2, -0.15) is 0 Å². The van der Waals surface area contributed by atoms with Crippen molar-refractivity contribution < 1.29 is 9.13 Å². The van der Waals surface area contributed by atoms with Gasteiger partial charge in [0, 0.05) is 6.07 Å². The van der Waals surface area contributed by atoms with Crippen LogP contribution in [0, 0.1) is 17.1 Å². The third kappa shape index (κ3) is 4.89. The molecule has 0 aliphatic heterocycles. The highest BCUT2D eigenvalue weighted by Crippen LogP contribution is 2.19. The van der Waals surface area contributed by atoms with E-state index in [1.807, 2.05) is 0 Å². The van der Waals surface area contributed by atoms with E-state index in [0.29, 0.717) is 18.3 Å². The van der Waals surface area contributed by atoms with Gasteiger partial charge in [0.2, 0.25) is 0 Å². The summed E-state index contributed by atoms with van der Waals surface area (Å²) in [7, 11) is 0. The summed E-state index contributed by atoms with van der Waals surface area (Å²) in [5.41, 5.74) is 5.39. The molecule has 3 nitrogen and oxygen atoms in total. The van der Waals surface area contributed by atoms with Crippen molar-refractivity contribution in [1.29, 1.82) is 5.41 Å². The molecule has 1 aromatic carbocycles. The number of benzene rings is 1. The van der Waals surface area contributed by atoms with Crippen LogP contribution in [0.1, 0.15) is 45.1 Å². The quantitative estimate of drug-likeness (QED) is 0.556. The number of nitrogens with two attached hydrogens (primary N) is 1. The van der Waals surface area contributed by atoms with Crippen molar-refractivity contribution in [2.24, 2.45) is 11.7 Å². The van der Waals surface area contributed by atoms with Gasteiger partial charge in [-0.1, -0.05) is 26.7 Å². The highest BCUT2D eigenvalue weighted by Gasteiger charge is 2.10. The fraction of sp³-hybridized carbons (Fsp3) is 0.533. The molecule has 0 aliphatic carbocycles. The van der Waals surface area contributed by atoms with E-state index < -0.39 is 5.82 Å². The first-order valence-corrected chi connectivity index (χ1v) is 6.85. The van der Waals surface area contributed by atoms with Crippen molar-refractivity contribution in [2.75, 3.05) is 6.61 Å². The molecule has 3 N–H and O–H groups in total. The Labute approximate surface area is 114 Å². The van der Waals surface area contributed by atoms with Gasteiger partial charge in [-0.05, 0) is 30.9 Å². The molecular formula is C15H23FN2O. The lowest BCUT2D eigenvalue weighted by molar-refractivity contribution is 0.229. The van der Waals surface area contributed by atoms with Gasteiger partial charge in [0.25, 0.3) is 0 Å². The Bertz CT molecular complexity index is 415. The number of nitrogen functional groups attached to an aromatic ring is 1. The van der Waals surface area contributed by atoms with Crippen LogP contribution >= 0.6 is 0 Å². The predicted molar refractivity (Wildman–Crippen MR) is 76.2 cm³/mol. The van der Waals surface area contributed by atoms with Crippen LogP contribution < -0.4 is 10.5 Å². The van der Waals surface area contributed by atoms with Crippen molar-refractivity contribution in [3.05, 3.63) is 29.6 Å². The van der Waals surface area contributed by atoms with Crippen LogP contribution in [0.15, 0.2) is 18.2 Å². The summed E-state index contributed by atoms with van der Waals surface area (Å²) in [5, 5.41) is 7.22. The lowest BCUT2D eigenvalue weighted by Gasteiger charge is -2.16. The summed E-state index contributed by atoms with van der Waals surface area (Å²) in [6.07, 6.45) is 4.51. The molecule has 0 saturated carbocycles. The average Bonchev–Trinajstić information content (AvgIpc) is 2.36. The molecule has 0 aromatic heterocycles. The SMILES string of the molecule is CCCC(CCC)COc1ccc(C(=N)N)c(F)c1. The molecule has 0 spiro atoms. The topological polar surface area (TPSA) is 59.1 Å². The molecule has 19 heavy (non-hydrogen) atoms. The monoisotopic (exact) mass is 266 g/mol. The van der Waals surface area contributed by atoms with E-state index in [9.17, 15) is 4.39 Å². The molecule has 1 rings (SSSR count). The smallest absolute Gasteiger partial charge is 0.137 e. The average molecular weight is 266 g/mol. The summed E-state index contributed by atoms with van der Waals surface area (Å²) in [4.78, 5) is 0. The normalized spacial score (nSPS) is 10.7. The third-order valence-corrected chi connectivity index (χ3v) is 3.11. The molecule has 1 aromatic rings. The van der Waals surface area contributed by atoms with Gasteiger partial charge in [0.15, 0.2) is 0 Å². The second-order valence-corrected chi connectivity index (χ2v) is 4.81. The van der Waals surface area contributed by atoms with Crippen LogP contribution in [-0.4, -0.2) is 12.4 Å². The molecule has 4 heteroatoms.